The summed E-state index contributed by atoms with van der Waals surface area (Å²) in [7, 11) is -3.32. The molecule has 53 heavy (non-hydrogen) atoms. The van der Waals surface area contributed by atoms with Crippen molar-refractivity contribution in [3.05, 3.63) is 130 Å². The van der Waals surface area contributed by atoms with Gasteiger partial charge in [-0.1, -0.05) is 55.8 Å². The first-order valence-corrected chi connectivity index (χ1v) is 17.4. The van der Waals surface area contributed by atoms with E-state index >= 15 is 4.39 Å². The molecule has 0 saturated heterocycles. The van der Waals surface area contributed by atoms with Crippen LogP contribution in [0.25, 0.3) is 16.8 Å². The molecule has 274 valence electrons. The van der Waals surface area contributed by atoms with Crippen LogP contribution in [-0.2, 0) is 38.6 Å². The van der Waals surface area contributed by atoms with Gasteiger partial charge in [0.1, 0.15) is 30.0 Å². The van der Waals surface area contributed by atoms with Crippen LogP contribution in [0.2, 0.25) is 0 Å². The van der Waals surface area contributed by atoms with Gasteiger partial charge in [-0.15, -0.1) is 0 Å². The minimum Gasteiger partial charge on any atom is -0.375 e. The molecule has 0 aliphatic heterocycles. The molecular formula is C37H30F5N5O5S. The Labute approximate surface area is 300 Å². The van der Waals surface area contributed by atoms with Crippen LogP contribution in [0.4, 0.5) is 27.6 Å². The minimum atomic E-state index is -4.87. The summed E-state index contributed by atoms with van der Waals surface area (Å²) in [5.74, 6) is -3.60. The molecule has 5 rings (SSSR count). The van der Waals surface area contributed by atoms with Crippen LogP contribution >= 0.6 is 0 Å². The van der Waals surface area contributed by atoms with E-state index in [9.17, 15) is 40.8 Å². The zero-order chi connectivity index (χ0) is 38.5. The number of rotatable bonds is 12. The van der Waals surface area contributed by atoms with Crippen LogP contribution in [0.3, 0.4) is 0 Å². The van der Waals surface area contributed by atoms with Crippen molar-refractivity contribution in [3.8, 4) is 22.9 Å². The lowest BCUT2D eigenvalue weighted by Gasteiger charge is -2.16. The van der Waals surface area contributed by atoms with Crippen molar-refractivity contribution in [1.29, 1.82) is 5.26 Å². The number of hydrogen-bond acceptors (Lipinski definition) is 7. The zero-order valence-corrected chi connectivity index (χ0v) is 28.9. The third-order valence-corrected chi connectivity index (χ3v) is 9.39. The Bertz CT molecular complexity index is 2350. The van der Waals surface area contributed by atoms with Crippen LogP contribution < -0.4 is 10.0 Å². The molecule has 0 bridgehead atoms. The number of carbonyl (C=O) groups excluding carboxylic acids is 2. The van der Waals surface area contributed by atoms with E-state index in [0.717, 1.165) is 41.1 Å². The predicted octanol–water partition coefficient (Wildman–Crippen LogP) is 6.95. The van der Waals surface area contributed by atoms with E-state index in [1.165, 1.54) is 55.6 Å². The Balaban J connectivity index is 1.53. The molecule has 1 aromatic heterocycles. The van der Waals surface area contributed by atoms with Crippen molar-refractivity contribution in [1.82, 2.24) is 14.5 Å². The van der Waals surface area contributed by atoms with Gasteiger partial charge >= 0.3 is 6.18 Å². The van der Waals surface area contributed by atoms with E-state index < -0.39 is 61.4 Å². The van der Waals surface area contributed by atoms with E-state index in [1.807, 2.05) is 10.8 Å². The lowest BCUT2D eigenvalue weighted by atomic mass is 9.97. The van der Waals surface area contributed by atoms with Crippen molar-refractivity contribution < 1.29 is 44.7 Å². The van der Waals surface area contributed by atoms with E-state index in [1.54, 1.807) is 6.92 Å². The minimum absolute atomic E-state index is 0.0104. The number of alkyl halides is 3. The molecule has 0 atom stereocenters. The van der Waals surface area contributed by atoms with Gasteiger partial charge in [0.05, 0.1) is 27.4 Å². The van der Waals surface area contributed by atoms with E-state index in [0.29, 0.717) is 6.42 Å². The number of nitriles is 1. The molecule has 0 aliphatic carbocycles. The Kier molecular flexibility index (Phi) is 11.4. The zero-order valence-electron chi connectivity index (χ0n) is 28.1. The number of hydrogen-bond donors (Lipinski definition) is 2. The molecule has 2 amide bonds. The highest BCUT2D eigenvalue weighted by molar-refractivity contribution is 7.90. The topological polar surface area (TPSA) is 143 Å². The number of sulfonamides is 1. The van der Waals surface area contributed by atoms with Crippen molar-refractivity contribution in [2.24, 2.45) is 0 Å². The normalized spacial score (nSPS) is 11.6. The number of nitrogens with zero attached hydrogens (tertiary/aromatic N) is 3. The SMILES string of the molecule is CCCc1nn(-c2cc(NC(=O)COC)ccc2C(F)(F)F)c(C#N)c1Cc1ccc(-c2ccccc2S(=O)(=O)NC(=O)c2ccccc2F)cc1F. The molecule has 5 aromatic rings. The highest BCUT2D eigenvalue weighted by Crippen LogP contribution is 2.37. The van der Waals surface area contributed by atoms with Crippen molar-refractivity contribution in [3.63, 3.8) is 0 Å². The number of nitrogens with one attached hydrogen (secondary N) is 2. The molecule has 0 fully saturated rings. The fraction of sp³-hybridized carbons (Fsp3) is 0.189. The summed E-state index contributed by atoms with van der Waals surface area (Å²) in [6, 6.07) is 18.8. The molecule has 0 aliphatic rings. The van der Waals surface area contributed by atoms with Crippen LogP contribution in [0.15, 0.2) is 89.8 Å². The Hall–Kier alpha value is -5.92. The van der Waals surface area contributed by atoms with Crippen molar-refractivity contribution in [2.45, 2.75) is 37.3 Å². The van der Waals surface area contributed by atoms with Crippen LogP contribution in [0.5, 0.6) is 0 Å². The summed E-state index contributed by atoms with van der Waals surface area (Å²) in [4.78, 5) is 24.4. The monoisotopic (exact) mass is 751 g/mol. The number of aromatic nitrogens is 2. The molecule has 0 spiro atoms. The third kappa shape index (κ3) is 8.43. The predicted molar refractivity (Wildman–Crippen MR) is 183 cm³/mol. The van der Waals surface area contributed by atoms with Crippen LogP contribution in [-0.4, -0.2) is 43.7 Å². The Morgan fingerprint density at radius 1 is 0.962 bits per heavy atom. The number of benzene rings is 4. The maximum atomic E-state index is 15.9. The molecular weight excluding hydrogens is 721 g/mol. The molecule has 4 aromatic carbocycles. The quantitative estimate of drug-likeness (QED) is 0.131. The Morgan fingerprint density at radius 3 is 2.34 bits per heavy atom. The molecule has 1 heterocycles. The van der Waals surface area contributed by atoms with E-state index in [-0.39, 0.29) is 58.8 Å². The van der Waals surface area contributed by atoms with Gasteiger partial charge in [-0.3, -0.25) is 9.59 Å². The number of halogens is 5. The number of methoxy groups -OCH3 is 1. The van der Waals surface area contributed by atoms with Crippen LogP contribution in [0.1, 0.15) is 51.8 Å². The first-order chi connectivity index (χ1) is 25.2. The summed E-state index contributed by atoms with van der Waals surface area (Å²) in [6.07, 6.45) is -4.44. The molecule has 2 N–H and O–H groups in total. The van der Waals surface area contributed by atoms with Gasteiger partial charge in [-0.2, -0.15) is 23.5 Å². The number of aryl methyl sites for hydroxylation is 1. The van der Waals surface area contributed by atoms with Crippen LogP contribution in [0, 0.1) is 23.0 Å². The van der Waals surface area contributed by atoms with Gasteiger partial charge in [0, 0.05) is 30.3 Å². The summed E-state index contributed by atoms with van der Waals surface area (Å²) in [5.41, 5.74) is -1.92. The van der Waals surface area contributed by atoms with Gasteiger partial charge in [-0.25, -0.2) is 26.6 Å². The second-order valence-electron chi connectivity index (χ2n) is 11.7. The highest BCUT2D eigenvalue weighted by atomic mass is 32.2. The average Bonchev–Trinajstić information content (AvgIpc) is 3.45. The Morgan fingerprint density at radius 2 is 1.68 bits per heavy atom. The lowest BCUT2D eigenvalue weighted by molar-refractivity contribution is -0.137. The molecule has 10 nitrogen and oxygen atoms in total. The second kappa shape index (κ2) is 15.8. The van der Waals surface area contributed by atoms with Gasteiger partial charge in [0.15, 0.2) is 0 Å². The van der Waals surface area contributed by atoms with Gasteiger partial charge < -0.3 is 10.1 Å². The van der Waals surface area contributed by atoms with Gasteiger partial charge in [0.25, 0.3) is 15.9 Å². The third-order valence-electron chi connectivity index (χ3n) is 8.00. The second-order valence-corrected chi connectivity index (χ2v) is 13.3. The van der Waals surface area contributed by atoms with Crippen molar-refractivity contribution in [2.75, 3.05) is 19.0 Å². The molecule has 0 radical (unpaired) electrons. The standard InChI is InChI=1S/C37H30F5N5O5S/c1-3-8-31-27(33(20-43)47(45-31)32-19-24(44-35(48)21-52-2)15-16-28(32)37(40,41)42)17-23-14-13-22(18-30(23)39)25-9-5-7-12-34(25)53(50,51)46-36(49)26-10-4-6-11-29(26)38/h4-7,9-16,18-19H,3,8,17,21H2,1-2H3,(H,44,48)(H,46,49). The first kappa shape index (κ1) is 38.3. The van der Waals surface area contributed by atoms with Gasteiger partial charge in [0.2, 0.25) is 5.91 Å². The highest BCUT2D eigenvalue weighted by Gasteiger charge is 2.36. The number of ether oxygens (including phenoxy) is 1. The summed E-state index contributed by atoms with van der Waals surface area (Å²) in [5, 5.41) is 17.0. The average molecular weight is 752 g/mol. The maximum absolute atomic E-state index is 15.9. The first-order valence-electron chi connectivity index (χ1n) is 15.9. The number of anilines is 1. The summed E-state index contributed by atoms with van der Waals surface area (Å²) < 4.78 is 107. The van der Waals surface area contributed by atoms with E-state index in [2.05, 4.69) is 10.4 Å². The smallest absolute Gasteiger partial charge is 0.375 e. The van der Waals surface area contributed by atoms with Crippen molar-refractivity contribution >= 4 is 27.5 Å². The summed E-state index contributed by atoms with van der Waals surface area (Å²) >= 11 is 0. The largest absolute Gasteiger partial charge is 0.418 e. The number of amides is 2. The molecule has 16 heteroatoms. The molecule has 0 saturated carbocycles. The fourth-order valence-corrected chi connectivity index (χ4v) is 6.82. The number of carbonyl (C=O) groups is 2. The molecule has 0 unspecified atom stereocenters. The summed E-state index contributed by atoms with van der Waals surface area (Å²) in [6.45, 7) is 1.44. The fourth-order valence-electron chi connectivity index (χ4n) is 5.63. The lowest BCUT2D eigenvalue weighted by Crippen LogP contribution is -2.31. The van der Waals surface area contributed by atoms with Gasteiger partial charge in [-0.05, 0) is 60.0 Å². The van der Waals surface area contributed by atoms with E-state index in [4.69, 9.17) is 4.74 Å². The maximum Gasteiger partial charge on any atom is 0.418 e.